The Hall–Kier alpha value is -4.16. The molecule has 2 N–H and O–H groups in total. The summed E-state index contributed by atoms with van der Waals surface area (Å²) in [6, 6.07) is 13.5. The van der Waals surface area contributed by atoms with Gasteiger partial charge in [0.15, 0.2) is 0 Å². The maximum Gasteiger partial charge on any atom is 0.213 e. The van der Waals surface area contributed by atoms with Crippen molar-refractivity contribution < 1.29 is 9.47 Å². The number of ether oxygens (including phenoxy) is 2. The summed E-state index contributed by atoms with van der Waals surface area (Å²) in [6.07, 6.45) is 6.66. The van der Waals surface area contributed by atoms with Crippen LogP contribution in [-0.2, 0) is 0 Å². The molecule has 0 unspecified atom stereocenters. The molecule has 4 aromatic heterocycles. The highest BCUT2D eigenvalue weighted by Gasteiger charge is 2.33. The molecule has 0 aliphatic carbocycles. The molecule has 0 amide bonds. The molecule has 1 aliphatic heterocycles. The first-order valence-corrected chi connectivity index (χ1v) is 10.7. The Morgan fingerprint density at radius 3 is 2.76 bits per heavy atom. The number of fused-ring (bicyclic) bond motifs is 1. The number of nitriles is 1. The van der Waals surface area contributed by atoms with Crippen LogP contribution in [0.2, 0.25) is 0 Å². The minimum Gasteiger partial charge on any atom is -0.492 e. The number of hydrogen-bond acceptors (Lipinski definition) is 8. The van der Waals surface area contributed by atoms with Crippen LogP contribution in [0.4, 0.5) is 5.82 Å². The number of anilines is 1. The monoisotopic (exact) mass is 457 g/mol. The van der Waals surface area contributed by atoms with Crippen LogP contribution in [0.3, 0.4) is 0 Å². The maximum atomic E-state index is 9.53. The molecule has 0 saturated carbocycles. The molecular weight excluding hydrogens is 430 g/mol. The molecule has 2 atom stereocenters. The van der Waals surface area contributed by atoms with Crippen molar-refractivity contribution in [2.45, 2.75) is 26.5 Å². The van der Waals surface area contributed by atoms with Gasteiger partial charge in [-0.3, -0.25) is 0 Å². The lowest BCUT2D eigenvalue weighted by Gasteiger charge is -2.18. The Kier molecular flexibility index (Phi) is 6.61. The fraction of sp³-hybridized carbons (Fsp3) is 0.280. The molecule has 5 rings (SSSR count). The van der Waals surface area contributed by atoms with E-state index >= 15 is 0 Å². The summed E-state index contributed by atoms with van der Waals surface area (Å²) in [7, 11) is 0. The molecular formula is C25H27N7O2. The van der Waals surface area contributed by atoms with E-state index in [-0.39, 0.29) is 19.6 Å². The highest BCUT2D eigenvalue weighted by molar-refractivity contribution is 5.85. The molecule has 0 spiro atoms. The van der Waals surface area contributed by atoms with Crippen molar-refractivity contribution in [1.29, 1.82) is 5.26 Å². The van der Waals surface area contributed by atoms with Gasteiger partial charge in [0, 0.05) is 36.1 Å². The van der Waals surface area contributed by atoms with E-state index in [4.69, 9.17) is 15.2 Å². The van der Waals surface area contributed by atoms with Gasteiger partial charge < -0.3 is 20.1 Å². The van der Waals surface area contributed by atoms with Gasteiger partial charge in [0.05, 0.1) is 42.7 Å². The molecule has 5 heterocycles. The second kappa shape index (κ2) is 9.77. The molecule has 9 nitrogen and oxygen atoms in total. The third-order valence-corrected chi connectivity index (χ3v) is 5.62. The van der Waals surface area contributed by atoms with Crippen molar-refractivity contribution in [3.05, 3.63) is 66.7 Å². The molecule has 174 valence electrons. The molecule has 0 radical (unpaired) electrons. The van der Waals surface area contributed by atoms with Crippen molar-refractivity contribution in [2.75, 3.05) is 24.6 Å². The van der Waals surface area contributed by atoms with E-state index in [0.29, 0.717) is 36.9 Å². The normalized spacial score (nSPS) is 17.3. The lowest BCUT2D eigenvalue weighted by molar-refractivity contribution is 0.198. The summed E-state index contributed by atoms with van der Waals surface area (Å²) in [6.45, 7) is 3.71. The predicted octanol–water partition coefficient (Wildman–Crippen LogP) is 3.29. The summed E-state index contributed by atoms with van der Waals surface area (Å²) in [5.41, 5.74) is 9.25. The largest absolute Gasteiger partial charge is 0.492 e. The fourth-order valence-corrected chi connectivity index (χ4v) is 4.06. The van der Waals surface area contributed by atoms with E-state index in [0.717, 1.165) is 22.5 Å². The van der Waals surface area contributed by atoms with E-state index in [1.165, 1.54) is 0 Å². The van der Waals surface area contributed by atoms with Gasteiger partial charge >= 0.3 is 0 Å². The SMILES string of the molecule is C.CCOc1cc(-c2ccc(N3C[C@H](N)[C@H](Oc4ccccn4)C3)nc2)c2c(C#N)cnn2c1. The lowest BCUT2D eigenvalue weighted by atomic mass is 10.1. The molecule has 0 aromatic carbocycles. The van der Waals surface area contributed by atoms with Crippen LogP contribution >= 0.6 is 0 Å². The maximum absolute atomic E-state index is 9.53. The van der Waals surface area contributed by atoms with E-state index < -0.39 is 0 Å². The highest BCUT2D eigenvalue weighted by Crippen LogP contribution is 2.31. The van der Waals surface area contributed by atoms with Crippen LogP contribution in [0, 0.1) is 11.3 Å². The van der Waals surface area contributed by atoms with Gasteiger partial charge in [-0.2, -0.15) is 10.4 Å². The van der Waals surface area contributed by atoms with Crippen LogP contribution < -0.4 is 20.1 Å². The van der Waals surface area contributed by atoms with Gasteiger partial charge in [-0.25, -0.2) is 14.5 Å². The standard InChI is InChI=1S/C24H23N7O2.CH4/c1-2-32-18-9-19(24-17(10-25)12-29-31(24)13-18)16-6-7-22(28-11-16)30-14-20(26)21(15-30)33-23-5-3-4-8-27-23;/h3-9,11-13,20-21H,2,14-15,26H2,1H3;1H4/t20-,21+;/m0./s1. The first-order valence-electron chi connectivity index (χ1n) is 10.7. The summed E-state index contributed by atoms with van der Waals surface area (Å²) < 4.78 is 13.3. The van der Waals surface area contributed by atoms with Crippen LogP contribution in [0.25, 0.3) is 16.6 Å². The summed E-state index contributed by atoms with van der Waals surface area (Å²) in [5, 5.41) is 13.8. The third kappa shape index (κ3) is 4.36. The first kappa shape index (κ1) is 23.0. The second-order valence-electron chi connectivity index (χ2n) is 7.78. The van der Waals surface area contributed by atoms with Gasteiger partial charge in [0.1, 0.15) is 23.7 Å². The summed E-state index contributed by atoms with van der Waals surface area (Å²) in [4.78, 5) is 11.0. The quantitative estimate of drug-likeness (QED) is 0.469. The molecule has 1 aliphatic rings. The zero-order valence-electron chi connectivity index (χ0n) is 18.1. The number of aromatic nitrogens is 4. The van der Waals surface area contributed by atoms with E-state index in [1.807, 2.05) is 43.3 Å². The van der Waals surface area contributed by atoms with Crippen LogP contribution in [0.1, 0.15) is 19.9 Å². The van der Waals surface area contributed by atoms with Crippen molar-refractivity contribution in [2.24, 2.45) is 5.73 Å². The molecule has 0 bridgehead atoms. The second-order valence-corrected chi connectivity index (χ2v) is 7.78. The van der Waals surface area contributed by atoms with E-state index in [1.54, 1.807) is 29.3 Å². The number of rotatable bonds is 6. The highest BCUT2D eigenvalue weighted by atomic mass is 16.5. The Morgan fingerprint density at radius 2 is 2.06 bits per heavy atom. The van der Waals surface area contributed by atoms with Crippen LogP contribution in [0.5, 0.6) is 11.6 Å². The topological polar surface area (TPSA) is 115 Å². The summed E-state index contributed by atoms with van der Waals surface area (Å²) in [5.74, 6) is 2.06. The fourth-order valence-electron chi connectivity index (χ4n) is 4.06. The minimum atomic E-state index is -0.172. The smallest absolute Gasteiger partial charge is 0.213 e. The zero-order chi connectivity index (χ0) is 22.8. The van der Waals surface area contributed by atoms with Crippen molar-refractivity contribution >= 4 is 11.3 Å². The van der Waals surface area contributed by atoms with Gasteiger partial charge in [-0.1, -0.05) is 13.5 Å². The molecule has 4 aromatic rings. The molecule has 34 heavy (non-hydrogen) atoms. The number of pyridine rings is 3. The molecule has 1 fully saturated rings. The minimum absolute atomic E-state index is 0. The average molecular weight is 458 g/mol. The van der Waals surface area contributed by atoms with Gasteiger partial charge in [-0.05, 0) is 31.2 Å². The van der Waals surface area contributed by atoms with Crippen molar-refractivity contribution in [3.8, 4) is 28.8 Å². The van der Waals surface area contributed by atoms with Crippen LogP contribution in [-0.4, -0.2) is 51.4 Å². The zero-order valence-corrected chi connectivity index (χ0v) is 18.1. The number of nitrogens with zero attached hydrogens (tertiary/aromatic N) is 6. The molecule has 9 heteroatoms. The Balaban J connectivity index is 0.00000274. The number of hydrogen-bond donors (Lipinski definition) is 1. The van der Waals surface area contributed by atoms with Crippen molar-refractivity contribution in [1.82, 2.24) is 19.6 Å². The van der Waals surface area contributed by atoms with Crippen molar-refractivity contribution in [3.63, 3.8) is 0 Å². The Bertz CT molecular complexity index is 1300. The summed E-state index contributed by atoms with van der Waals surface area (Å²) >= 11 is 0. The van der Waals surface area contributed by atoms with Gasteiger partial charge in [-0.15, -0.1) is 0 Å². The third-order valence-electron chi connectivity index (χ3n) is 5.62. The Labute approximate surface area is 198 Å². The first-order chi connectivity index (χ1) is 16.2. The Morgan fingerprint density at radius 1 is 1.18 bits per heavy atom. The average Bonchev–Trinajstić information content (AvgIpc) is 3.43. The van der Waals surface area contributed by atoms with Crippen LogP contribution in [0.15, 0.2) is 61.2 Å². The number of nitrogens with two attached hydrogens (primary N) is 1. The lowest BCUT2D eigenvalue weighted by Crippen LogP contribution is -2.37. The van der Waals surface area contributed by atoms with E-state index in [9.17, 15) is 5.26 Å². The van der Waals surface area contributed by atoms with Gasteiger partial charge in [0.25, 0.3) is 0 Å². The van der Waals surface area contributed by atoms with E-state index in [2.05, 4.69) is 26.0 Å². The molecule has 1 saturated heterocycles. The van der Waals surface area contributed by atoms with Gasteiger partial charge in [0.2, 0.25) is 5.88 Å². The predicted molar refractivity (Wildman–Crippen MR) is 130 cm³/mol.